The van der Waals surface area contributed by atoms with E-state index in [1.165, 1.54) is 24.1 Å². The van der Waals surface area contributed by atoms with Crippen LogP contribution in [0.25, 0.3) is 5.57 Å². The molecule has 2 aromatic rings. The highest BCUT2D eigenvalue weighted by atomic mass is 32.2. The van der Waals surface area contributed by atoms with E-state index in [2.05, 4.69) is 0 Å². The molecule has 0 bridgehead atoms. The number of anilines is 1. The molecule has 0 saturated heterocycles. The number of nitrogens with zero attached hydrogens (tertiary/aromatic N) is 2. The van der Waals surface area contributed by atoms with Crippen molar-refractivity contribution in [3.8, 4) is 17.5 Å². The molecule has 1 amide bonds. The summed E-state index contributed by atoms with van der Waals surface area (Å²) in [5, 5.41) is 20.8. The Morgan fingerprint density at radius 2 is 1.23 bits per heavy atom. The number of rotatable bonds is 11. The number of aromatic nitrogens is 1. The standard InChI is InChI=1S/C35H38N2O12S3/c1-8-46-30(41)25-26(31(42)47-9-2)50-29-24(35(25)51-27(32(43)48-10-3)28(52-35)33(44)49-11-4)19-16-18(45-7)12-13-20(19)37(34(29,5)6)23(40)17-36-21(38)14-15-22(36)39/h12-16,38-39H,8-11,17H2,1-7H3. The van der Waals surface area contributed by atoms with Crippen molar-refractivity contribution in [3.63, 3.8) is 0 Å². The Hall–Kier alpha value is -4.48. The second-order valence-corrected chi connectivity index (χ2v) is 15.4. The molecule has 4 heterocycles. The summed E-state index contributed by atoms with van der Waals surface area (Å²) in [7, 11) is 1.46. The number of hydrogen-bond donors (Lipinski definition) is 2. The third-order valence-corrected chi connectivity index (χ3v) is 12.8. The van der Waals surface area contributed by atoms with Gasteiger partial charge in [-0.2, -0.15) is 0 Å². The van der Waals surface area contributed by atoms with E-state index in [4.69, 9.17) is 23.7 Å². The summed E-state index contributed by atoms with van der Waals surface area (Å²) in [6, 6.07) is 7.44. The van der Waals surface area contributed by atoms with Crippen LogP contribution in [0.1, 0.15) is 47.1 Å². The molecule has 0 radical (unpaired) electrons. The minimum absolute atomic E-state index is 0.0221. The molecule has 14 nitrogen and oxygen atoms in total. The maximum Gasteiger partial charge on any atom is 0.346 e. The van der Waals surface area contributed by atoms with Crippen molar-refractivity contribution < 1.29 is 57.9 Å². The molecule has 17 heteroatoms. The molecule has 3 aliphatic rings. The second kappa shape index (κ2) is 15.2. The fourth-order valence-corrected chi connectivity index (χ4v) is 11.1. The number of fused-ring (bicyclic) bond motifs is 3. The Morgan fingerprint density at radius 1 is 0.731 bits per heavy atom. The van der Waals surface area contributed by atoms with Gasteiger partial charge in [-0.05, 0) is 59.7 Å². The lowest BCUT2D eigenvalue weighted by molar-refractivity contribution is -0.141. The zero-order valence-corrected chi connectivity index (χ0v) is 32.0. The first-order chi connectivity index (χ1) is 24.7. The average Bonchev–Trinajstić information content (AvgIpc) is 3.64. The number of ether oxygens (including phenoxy) is 5. The van der Waals surface area contributed by atoms with Gasteiger partial charge < -0.3 is 38.8 Å². The van der Waals surface area contributed by atoms with Gasteiger partial charge in [-0.3, -0.25) is 9.36 Å². The van der Waals surface area contributed by atoms with Gasteiger partial charge in [-0.1, -0.05) is 35.3 Å². The Kier molecular flexibility index (Phi) is 11.4. The van der Waals surface area contributed by atoms with Gasteiger partial charge in [0.2, 0.25) is 5.91 Å². The third-order valence-electron chi connectivity index (χ3n) is 8.18. The maximum absolute atomic E-state index is 14.4. The molecule has 5 rings (SSSR count). The molecule has 0 saturated carbocycles. The van der Waals surface area contributed by atoms with E-state index in [0.29, 0.717) is 27.5 Å². The molecule has 3 aliphatic heterocycles. The molecule has 0 atom stereocenters. The highest BCUT2D eigenvalue weighted by Gasteiger charge is 2.62. The van der Waals surface area contributed by atoms with Crippen LogP contribution in [0.2, 0.25) is 0 Å². The fourth-order valence-electron chi connectivity index (χ4n) is 6.10. The van der Waals surface area contributed by atoms with E-state index in [9.17, 15) is 34.2 Å². The largest absolute Gasteiger partial charge is 0.497 e. The first kappa shape index (κ1) is 38.7. The van der Waals surface area contributed by atoms with Crippen LogP contribution in [-0.2, 0) is 49.5 Å². The van der Waals surface area contributed by atoms with Crippen LogP contribution in [-0.4, -0.2) is 87.7 Å². The summed E-state index contributed by atoms with van der Waals surface area (Å²) in [5.74, 6) is -4.30. The fraction of sp³-hybridized carbons (Fsp3) is 0.400. The van der Waals surface area contributed by atoms with Gasteiger partial charge in [-0.25, -0.2) is 19.2 Å². The second-order valence-electron chi connectivity index (χ2n) is 11.7. The van der Waals surface area contributed by atoms with Crippen LogP contribution in [0.5, 0.6) is 17.5 Å². The van der Waals surface area contributed by atoms with Gasteiger partial charge in [0, 0.05) is 28.2 Å². The van der Waals surface area contributed by atoms with Gasteiger partial charge in [0.05, 0.1) is 50.3 Å². The highest BCUT2D eigenvalue weighted by molar-refractivity contribution is 8.26. The minimum Gasteiger partial charge on any atom is -0.497 e. The Balaban J connectivity index is 1.87. The minimum atomic E-state index is -1.77. The van der Waals surface area contributed by atoms with Crippen molar-refractivity contribution in [2.75, 3.05) is 38.4 Å². The predicted octanol–water partition coefficient (Wildman–Crippen LogP) is 5.09. The van der Waals surface area contributed by atoms with Crippen molar-refractivity contribution in [2.45, 2.75) is 57.7 Å². The lowest BCUT2D eigenvalue weighted by Gasteiger charge is -2.50. The van der Waals surface area contributed by atoms with E-state index < -0.39 is 45.9 Å². The summed E-state index contributed by atoms with van der Waals surface area (Å²) >= 11 is 2.60. The molecule has 0 unspecified atom stereocenters. The van der Waals surface area contributed by atoms with E-state index in [1.807, 2.05) is 0 Å². The lowest BCUT2D eigenvalue weighted by Crippen LogP contribution is -2.54. The number of benzene rings is 1. The number of carbonyl (C=O) groups excluding carboxylic acids is 5. The number of carbonyl (C=O) groups is 5. The summed E-state index contributed by atoms with van der Waals surface area (Å²) in [5.41, 5.74) is -0.404. The number of methoxy groups -OCH3 is 1. The van der Waals surface area contributed by atoms with Crippen molar-refractivity contribution in [1.82, 2.24) is 4.57 Å². The van der Waals surface area contributed by atoms with E-state index in [0.717, 1.165) is 39.9 Å². The molecule has 0 fully saturated rings. The SMILES string of the molecule is CCOC(=O)C1=C(C(=O)OCC)SC2(S1)C(C(=O)OCC)=C(C(=O)OCC)SC1=C2c2cc(OC)ccc2N(C(=O)Cn2c(O)ccc2O)C1(C)C. The molecule has 1 aromatic carbocycles. The average molecular weight is 775 g/mol. The number of esters is 4. The zero-order chi connectivity index (χ0) is 38.1. The van der Waals surface area contributed by atoms with Gasteiger partial charge in [-0.15, -0.1) is 0 Å². The van der Waals surface area contributed by atoms with Gasteiger partial charge >= 0.3 is 23.9 Å². The van der Waals surface area contributed by atoms with Crippen LogP contribution >= 0.6 is 35.3 Å². The number of amides is 1. The van der Waals surface area contributed by atoms with E-state index in [-0.39, 0.29) is 58.5 Å². The zero-order valence-electron chi connectivity index (χ0n) is 29.5. The first-order valence-electron chi connectivity index (χ1n) is 16.3. The van der Waals surface area contributed by atoms with Crippen molar-refractivity contribution in [2.24, 2.45) is 0 Å². The van der Waals surface area contributed by atoms with Crippen LogP contribution < -0.4 is 9.64 Å². The highest BCUT2D eigenvalue weighted by Crippen LogP contribution is 2.71. The van der Waals surface area contributed by atoms with Crippen LogP contribution in [0.3, 0.4) is 0 Å². The summed E-state index contributed by atoms with van der Waals surface area (Å²) < 4.78 is 26.7. The monoisotopic (exact) mass is 774 g/mol. The Morgan fingerprint density at radius 3 is 1.73 bits per heavy atom. The van der Waals surface area contributed by atoms with Gasteiger partial charge in [0.25, 0.3) is 0 Å². The van der Waals surface area contributed by atoms with Crippen molar-refractivity contribution in [1.29, 1.82) is 0 Å². The van der Waals surface area contributed by atoms with Crippen molar-refractivity contribution >= 4 is 76.3 Å². The van der Waals surface area contributed by atoms with E-state index in [1.54, 1.807) is 59.7 Å². The number of thioether (sulfide) groups is 3. The van der Waals surface area contributed by atoms with Crippen LogP contribution in [0, 0.1) is 0 Å². The normalized spacial score (nSPS) is 17.1. The molecule has 278 valence electrons. The Labute approximate surface area is 312 Å². The smallest absolute Gasteiger partial charge is 0.346 e. The molecule has 2 N–H and O–H groups in total. The molecular weight excluding hydrogens is 737 g/mol. The van der Waals surface area contributed by atoms with E-state index >= 15 is 0 Å². The summed E-state index contributed by atoms with van der Waals surface area (Å²) in [4.78, 5) is 71.2. The predicted molar refractivity (Wildman–Crippen MR) is 195 cm³/mol. The molecule has 52 heavy (non-hydrogen) atoms. The molecular formula is C35H38N2O12S3. The quantitative estimate of drug-likeness (QED) is 0.228. The molecule has 1 aromatic heterocycles. The topological polar surface area (TPSA) is 180 Å². The van der Waals surface area contributed by atoms with Crippen LogP contribution in [0.15, 0.2) is 55.5 Å². The maximum atomic E-state index is 14.4. The number of aromatic hydroxyl groups is 2. The van der Waals surface area contributed by atoms with Crippen LogP contribution in [0.4, 0.5) is 5.69 Å². The molecule has 1 spiro atoms. The molecule has 0 aliphatic carbocycles. The summed E-state index contributed by atoms with van der Waals surface area (Å²) in [6.07, 6.45) is 0. The first-order valence-corrected chi connectivity index (χ1v) is 18.7. The third kappa shape index (κ3) is 6.53. The lowest BCUT2D eigenvalue weighted by atomic mass is 9.83. The Bertz CT molecular complexity index is 1890. The number of hydrogen-bond acceptors (Lipinski definition) is 15. The summed E-state index contributed by atoms with van der Waals surface area (Å²) in [6.45, 7) is 9.26. The van der Waals surface area contributed by atoms with Gasteiger partial charge in [0.15, 0.2) is 11.8 Å². The van der Waals surface area contributed by atoms with Crippen molar-refractivity contribution in [3.05, 3.63) is 61.1 Å². The van der Waals surface area contributed by atoms with Gasteiger partial charge in [0.1, 0.15) is 31.1 Å².